The summed E-state index contributed by atoms with van der Waals surface area (Å²) in [6, 6.07) is 25.9. The first-order valence-electron chi connectivity index (χ1n) is 14.8. The third-order valence-electron chi connectivity index (χ3n) is 8.43. The zero-order valence-electron chi connectivity index (χ0n) is 27.2. The number of aromatic hydroxyl groups is 1. The van der Waals surface area contributed by atoms with E-state index in [2.05, 4.69) is 92.0 Å². The summed E-state index contributed by atoms with van der Waals surface area (Å²) in [6.45, 7) is 24.9. The van der Waals surface area contributed by atoms with Crippen LogP contribution in [0.1, 0.15) is 58.2 Å². The number of benzene rings is 3. The fourth-order valence-corrected chi connectivity index (χ4v) is 5.53. The molecule has 0 aliphatic rings. The molecule has 0 heterocycles. The van der Waals surface area contributed by atoms with Crippen molar-refractivity contribution >= 4 is 16.6 Å². The van der Waals surface area contributed by atoms with Crippen LogP contribution in [-0.2, 0) is 28.3 Å². The summed E-state index contributed by atoms with van der Waals surface area (Å²) in [6.07, 6.45) is 1.86. The minimum atomic E-state index is -1.64. The van der Waals surface area contributed by atoms with E-state index >= 15 is 0 Å². The number of phenolic OH excluding ortho intramolecular Hbond substituents is 1. The molecule has 0 fully saturated rings. The molecule has 0 saturated heterocycles. The number of rotatable bonds is 11. The highest BCUT2D eigenvalue weighted by atomic mass is 28.4. The van der Waals surface area contributed by atoms with Crippen molar-refractivity contribution in [2.45, 2.75) is 97.3 Å². The van der Waals surface area contributed by atoms with Crippen molar-refractivity contribution in [3.63, 3.8) is 0 Å². The van der Waals surface area contributed by atoms with Crippen LogP contribution in [0.4, 0.5) is 0 Å². The van der Waals surface area contributed by atoms with Gasteiger partial charge in [0.1, 0.15) is 18.1 Å². The average molecular weight is 595 g/mol. The molecule has 1 N–H and O–H groups in total. The van der Waals surface area contributed by atoms with Crippen molar-refractivity contribution in [1.29, 1.82) is 0 Å². The number of phenols is 1. The van der Waals surface area contributed by atoms with E-state index in [0.717, 1.165) is 31.8 Å². The lowest BCUT2D eigenvalue weighted by molar-refractivity contribution is 0.291. The SMILES string of the molecule is CC(C)(C)[Si](C)(C)OCCc1ccc(O)cc1.CC(C)(C)[Si](C)(C)OCCc1ccc(OCc2ccccc2)cc1. The molecule has 0 unspecified atom stereocenters. The molecule has 4 nitrogen and oxygen atoms in total. The van der Waals surface area contributed by atoms with Crippen LogP contribution in [0.15, 0.2) is 78.9 Å². The van der Waals surface area contributed by atoms with E-state index in [4.69, 9.17) is 13.6 Å². The van der Waals surface area contributed by atoms with Gasteiger partial charge in [0, 0.05) is 13.2 Å². The number of ether oxygens (including phenoxy) is 1. The van der Waals surface area contributed by atoms with Crippen molar-refractivity contribution in [3.8, 4) is 11.5 Å². The van der Waals surface area contributed by atoms with Gasteiger partial charge in [-0.2, -0.15) is 0 Å². The normalized spacial score (nSPS) is 12.4. The Morgan fingerprint density at radius 2 is 0.976 bits per heavy atom. The van der Waals surface area contributed by atoms with Crippen molar-refractivity contribution in [3.05, 3.63) is 95.6 Å². The van der Waals surface area contributed by atoms with E-state index in [0.29, 0.717) is 12.4 Å². The maximum Gasteiger partial charge on any atom is 0.191 e. The zero-order valence-corrected chi connectivity index (χ0v) is 29.2. The monoisotopic (exact) mass is 594 g/mol. The second-order valence-corrected chi connectivity index (χ2v) is 23.4. The molecule has 0 aliphatic carbocycles. The Bertz CT molecular complexity index is 1140. The topological polar surface area (TPSA) is 47.9 Å². The van der Waals surface area contributed by atoms with E-state index in [1.165, 1.54) is 16.7 Å². The first-order valence-corrected chi connectivity index (χ1v) is 20.6. The molecule has 3 aromatic rings. The van der Waals surface area contributed by atoms with Crippen molar-refractivity contribution in [1.82, 2.24) is 0 Å². The maximum atomic E-state index is 9.19. The number of hydrogen-bond donors (Lipinski definition) is 1. The van der Waals surface area contributed by atoms with Crippen LogP contribution in [0.25, 0.3) is 0 Å². The van der Waals surface area contributed by atoms with Crippen LogP contribution in [0, 0.1) is 0 Å². The van der Waals surface area contributed by atoms with E-state index in [9.17, 15) is 5.11 Å². The smallest absolute Gasteiger partial charge is 0.191 e. The van der Waals surface area contributed by atoms with Gasteiger partial charge in [0.15, 0.2) is 16.6 Å². The molecular weight excluding hydrogens is 541 g/mol. The highest BCUT2D eigenvalue weighted by Gasteiger charge is 2.37. The van der Waals surface area contributed by atoms with Gasteiger partial charge in [-0.15, -0.1) is 0 Å². The van der Waals surface area contributed by atoms with Crippen LogP contribution in [0.5, 0.6) is 11.5 Å². The zero-order chi connectivity index (χ0) is 30.7. The van der Waals surface area contributed by atoms with E-state index in [1.54, 1.807) is 12.1 Å². The Labute approximate surface area is 252 Å². The van der Waals surface area contributed by atoms with Crippen molar-refractivity contribution < 1.29 is 18.7 Å². The molecule has 3 aromatic carbocycles. The van der Waals surface area contributed by atoms with E-state index in [-0.39, 0.29) is 10.1 Å². The van der Waals surface area contributed by atoms with Crippen LogP contribution in [-0.4, -0.2) is 35.0 Å². The fourth-order valence-electron chi connectivity index (χ4n) is 3.44. The molecule has 0 bridgehead atoms. The molecule has 0 aromatic heterocycles. The molecule has 0 radical (unpaired) electrons. The van der Waals surface area contributed by atoms with Crippen LogP contribution >= 0.6 is 0 Å². The third-order valence-corrected chi connectivity index (χ3v) is 17.5. The average Bonchev–Trinajstić information content (AvgIpc) is 2.89. The van der Waals surface area contributed by atoms with Gasteiger partial charge in [0.2, 0.25) is 0 Å². The first-order chi connectivity index (χ1) is 19.0. The summed E-state index contributed by atoms with van der Waals surface area (Å²) in [7, 11) is -3.26. The van der Waals surface area contributed by atoms with Gasteiger partial charge in [-0.25, -0.2) is 0 Å². The lowest BCUT2D eigenvalue weighted by atomic mass is 10.1. The molecule has 0 amide bonds. The molecule has 0 aliphatic heterocycles. The van der Waals surface area contributed by atoms with E-state index in [1.807, 2.05) is 42.5 Å². The Kier molecular flexibility index (Phi) is 12.9. The van der Waals surface area contributed by atoms with Gasteiger partial charge in [-0.05, 0) is 90.1 Å². The molecule has 41 heavy (non-hydrogen) atoms. The fraction of sp³-hybridized carbons (Fsp3) is 0.486. The second-order valence-electron chi connectivity index (χ2n) is 13.8. The third kappa shape index (κ3) is 12.2. The molecule has 226 valence electrons. The van der Waals surface area contributed by atoms with Crippen LogP contribution in [0.3, 0.4) is 0 Å². The predicted molar refractivity (Wildman–Crippen MR) is 179 cm³/mol. The molecule has 0 spiro atoms. The Morgan fingerprint density at radius 1 is 0.561 bits per heavy atom. The predicted octanol–water partition coefficient (Wildman–Crippen LogP) is 9.79. The Balaban J connectivity index is 0.000000305. The molecule has 3 rings (SSSR count). The van der Waals surface area contributed by atoms with Gasteiger partial charge >= 0.3 is 0 Å². The quantitative estimate of drug-likeness (QED) is 0.225. The highest BCUT2D eigenvalue weighted by molar-refractivity contribution is 6.74. The standard InChI is InChI=1S/C21H30O2Si.C14H24O2Si/c1-21(2,3)24(4,5)23-16-15-18-11-13-20(14-12-18)22-17-19-9-7-6-8-10-19;1-14(2,3)17(4,5)16-11-10-12-6-8-13(15)9-7-12/h6-14H,15-17H2,1-5H3;6-9,15H,10-11H2,1-5H3. The summed E-state index contributed by atoms with van der Waals surface area (Å²) in [4.78, 5) is 0. The summed E-state index contributed by atoms with van der Waals surface area (Å²) in [5, 5.41) is 9.73. The van der Waals surface area contributed by atoms with Gasteiger partial charge in [-0.3, -0.25) is 0 Å². The Hall–Kier alpha value is -2.39. The van der Waals surface area contributed by atoms with E-state index < -0.39 is 16.6 Å². The highest BCUT2D eigenvalue weighted by Crippen LogP contribution is 2.37. The summed E-state index contributed by atoms with van der Waals surface area (Å²) >= 11 is 0. The lowest BCUT2D eigenvalue weighted by Gasteiger charge is -2.36. The summed E-state index contributed by atoms with van der Waals surface area (Å²) in [5.74, 6) is 1.23. The molecule has 0 saturated carbocycles. The number of hydrogen-bond acceptors (Lipinski definition) is 4. The Morgan fingerprint density at radius 3 is 1.39 bits per heavy atom. The molecule has 0 atom stereocenters. The first kappa shape index (κ1) is 34.8. The summed E-state index contributed by atoms with van der Waals surface area (Å²) < 4.78 is 18.2. The molecule has 6 heteroatoms. The minimum Gasteiger partial charge on any atom is -0.508 e. The van der Waals surface area contributed by atoms with Gasteiger partial charge in [0.05, 0.1) is 0 Å². The maximum absolute atomic E-state index is 9.19. The van der Waals surface area contributed by atoms with Crippen molar-refractivity contribution in [2.24, 2.45) is 0 Å². The summed E-state index contributed by atoms with van der Waals surface area (Å²) in [5.41, 5.74) is 3.69. The van der Waals surface area contributed by atoms with Crippen molar-refractivity contribution in [2.75, 3.05) is 13.2 Å². The second kappa shape index (κ2) is 15.2. The van der Waals surface area contributed by atoms with Crippen LogP contribution in [0.2, 0.25) is 36.3 Å². The lowest BCUT2D eigenvalue weighted by Crippen LogP contribution is -2.41. The molecular formula is C35H54O4Si2. The van der Waals surface area contributed by atoms with Gasteiger partial charge in [-0.1, -0.05) is 96.1 Å². The largest absolute Gasteiger partial charge is 0.508 e. The minimum absolute atomic E-state index is 0.266. The van der Waals surface area contributed by atoms with Gasteiger partial charge < -0.3 is 18.7 Å². The van der Waals surface area contributed by atoms with Crippen LogP contribution < -0.4 is 4.74 Å². The van der Waals surface area contributed by atoms with Gasteiger partial charge in [0.25, 0.3) is 0 Å².